The van der Waals surface area contributed by atoms with Gasteiger partial charge < -0.3 is 10.8 Å². The number of rotatable bonds is 1. The highest BCUT2D eigenvalue weighted by molar-refractivity contribution is 7.21. The minimum atomic E-state index is 0.255. The molecule has 0 saturated heterocycles. The molecule has 1 aromatic heterocycles. The number of thiazole rings is 1. The van der Waals surface area contributed by atoms with E-state index in [9.17, 15) is 5.11 Å². The number of benzene rings is 2. The molecule has 3 N–H and O–H groups in total. The Morgan fingerprint density at radius 1 is 1.16 bits per heavy atom. The minimum absolute atomic E-state index is 0.255. The molecule has 0 aliphatic rings. The van der Waals surface area contributed by atoms with Gasteiger partial charge in [0.1, 0.15) is 10.8 Å². The van der Waals surface area contributed by atoms with Crippen molar-refractivity contribution in [1.82, 2.24) is 4.98 Å². The molecular weight excluding hydrogens is 256 g/mol. The molecule has 0 atom stereocenters. The Bertz CT molecular complexity index is 777. The second-order valence-corrected chi connectivity index (χ2v) is 5.71. The van der Waals surface area contributed by atoms with Crippen LogP contribution in [0.25, 0.3) is 20.8 Å². The highest BCUT2D eigenvalue weighted by Gasteiger charge is 2.13. The maximum Gasteiger partial charge on any atom is 0.128 e. The van der Waals surface area contributed by atoms with Crippen molar-refractivity contribution < 1.29 is 5.11 Å². The zero-order valence-corrected chi connectivity index (χ0v) is 11.6. The molecule has 0 spiro atoms. The van der Waals surface area contributed by atoms with Crippen molar-refractivity contribution in [2.75, 3.05) is 5.73 Å². The van der Waals surface area contributed by atoms with Crippen LogP contribution in [0.5, 0.6) is 5.75 Å². The van der Waals surface area contributed by atoms with Gasteiger partial charge in [0.05, 0.1) is 15.8 Å². The van der Waals surface area contributed by atoms with E-state index in [1.165, 1.54) is 0 Å². The fourth-order valence-electron chi connectivity index (χ4n) is 2.17. The number of hydrogen-bond acceptors (Lipinski definition) is 4. The van der Waals surface area contributed by atoms with Gasteiger partial charge in [0.25, 0.3) is 0 Å². The number of phenolic OH excluding ortho intramolecular Hbond substituents is 1. The molecule has 0 amide bonds. The smallest absolute Gasteiger partial charge is 0.128 e. The predicted octanol–water partition coefficient (Wildman–Crippen LogP) is 3.87. The first-order chi connectivity index (χ1) is 9.06. The highest BCUT2D eigenvalue weighted by atomic mass is 32.1. The highest BCUT2D eigenvalue weighted by Crippen LogP contribution is 2.38. The number of phenols is 1. The number of anilines is 1. The zero-order chi connectivity index (χ0) is 13.6. The van der Waals surface area contributed by atoms with Gasteiger partial charge in [-0.1, -0.05) is 12.1 Å². The second kappa shape index (κ2) is 4.24. The molecule has 3 aromatic rings. The third kappa shape index (κ3) is 1.94. The van der Waals surface area contributed by atoms with Gasteiger partial charge in [-0.15, -0.1) is 11.3 Å². The van der Waals surface area contributed by atoms with Crippen molar-refractivity contribution in [1.29, 1.82) is 0 Å². The number of para-hydroxylation sites is 1. The maximum atomic E-state index is 10.2. The van der Waals surface area contributed by atoms with Gasteiger partial charge in [0, 0.05) is 5.69 Å². The molecule has 96 valence electrons. The lowest BCUT2D eigenvalue weighted by Crippen LogP contribution is -1.89. The van der Waals surface area contributed by atoms with E-state index in [1.54, 1.807) is 23.5 Å². The molecule has 0 saturated carbocycles. The van der Waals surface area contributed by atoms with E-state index in [4.69, 9.17) is 5.73 Å². The van der Waals surface area contributed by atoms with Crippen LogP contribution in [0.15, 0.2) is 30.3 Å². The summed E-state index contributed by atoms with van der Waals surface area (Å²) in [7, 11) is 0. The summed E-state index contributed by atoms with van der Waals surface area (Å²) in [6.45, 7) is 3.88. The Kier molecular flexibility index (Phi) is 2.68. The average molecular weight is 270 g/mol. The van der Waals surface area contributed by atoms with Crippen molar-refractivity contribution in [3.63, 3.8) is 0 Å². The lowest BCUT2D eigenvalue weighted by atomic mass is 10.1. The number of hydrogen-bond donors (Lipinski definition) is 2. The van der Waals surface area contributed by atoms with E-state index < -0.39 is 0 Å². The standard InChI is InChI=1S/C15H14N2OS/c1-8-4-3-5-12-13(8)17-15(19-12)11-7-10(16)6-9(2)14(11)18/h3-7,18H,16H2,1-2H3. The number of fused-ring (bicyclic) bond motifs is 1. The maximum absolute atomic E-state index is 10.2. The zero-order valence-electron chi connectivity index (χ0n) is 10.8. The third-order valence-corrected chi connectivity index (χ3v) is 4.23. The molecular formula is C15H14N2OS. The van der Waals surface area contributed by atoms with Crippen molar-refractivity contribution in [2.24, 2.45) is 0 Å². The largest absolute Gasteiger partial charge is 0.507 e. The van der Waals surface area contributed by atoms with Crippen LogP contribution >= 0.6 is 11.3 Å². The van der Waals surface area contributed by atoms with E-state index in [1.807, 2.05) is 32.0 Å². The number of aromatic hydroxyl groups is 1. The molecule has 0 bridgehead atoms. The molecule has 4 heteroatoms. The number of nitrogen functional groups attached to an aromatic ring is 1. The third-order valence-electron chi connectivity index (χ3n) is 3.17. The predicted molar refractivity (Wildman–Crippen MR) is 80.6 cm³/mol. The van der Waals surface area contributed by atoms with Gasteiger partial charge in [-0.05, 0) is 43.2 Å². The first-order valence-corrected chi connectivity index (χ1v) is 6.83. The fraction of sp³-hybridized carbons (Fsp3) is 0.133. The van der Waals surface area contributed by atoms with E-state index in [2.05, 4.69) is 4.98 Å². The van der Waals surface area contributed by atoms with Crippen molar-refractivity contribution >= 4 is 27.2 Å². The summed E-state index contributed by atoms with van der Waals surface area (Å²) >= 11 is 1.57. The molecule has 19 heavy (non-hydrogen) atoms. The van der Waals surface area contributed by atoms with E-state index in [0.29, 0.717) is 11.3 Å². The van der Waals surface area contributed by atoms with Crippen LogP contribution in [0.3, 0.4) is 0 Å². The Labute approximate surface area is 115 Å². The lowest BCUT2D eigenvalue weighted by molar-refractivity contribution is 0.473. The summed E-state index contributed by atoms with van der Waals surface area (Å²) in [6.07, 6.45) is 0. The second-order valence-electron chi connectivity index (χ2n) is 4.67. The summed E-state index contributed by atoms with van der Waals surface area (Å²) in [4.78, 5) is 4.63. The average Bonchev–Trinajstić information content (AvgIpc) is 2.79. The lowest BCUT2D eigenvalue weighted by Gasteiger charge is -2.05. The van der Waals surface area contributed by atoms with Gasteiger partial charge in [-0.25, -0.2) is 4.98 Å². The van der Waals surface area contributed by atoms with Crippen LogP contribution in [-0.4, -0.2) is 10.1 Å². The molecule has 0 radical (unpaired) electrons. The normalized spacial score (nSPS) is 11.1. The van der Waals surface area contributed by atoms with E-state index in [-0.39, 0.29) is 5.75 Å². The monoisotopic (exact) mass is 270 g/mol. The van der Waals surface area contributed by atoms with Gasteiger partial charge in [-0.3, -0.25) is 0 Å². The van der Waals surface area contributed by atoms with E-state index >= 15 is 0 Å². The molecule has 0 aliphatic carbocycles. The summed E-state index contributed by atoms with van der Waals surface area (Å²) in [5.41, 5.74) is 10.1. The fourth-order valence-corrected chi connectivity index (χ4v) is 3.23. The van der Waals surface area contributed by atoms with Crippen molar-refractivity contribution in [2.45, 2.75) is 13.8 Å². The molecule has 3 rings (SSSR count). The molecule has 0 aliphatic heterocycles. The number of aromatic nitrogens is 1. The summed E-state index contributed by atoms with van der Waals surface area (Å²) in [5, 5.41) is 11.0. The molecule has 2 aromatic carbocycles. The Balaban J connectivity index is 2.28. The van der Waals surface area contributed by atoms with Crippen LogP contribution < -0.4 is 5.73 Å². The SMILES string of the molecule is Cc1cc(N)cc(-c2nc3c(C)cccc3s2)c1O. The van der Waals surface area contributed by atoms with Crippen LogP contribution in [0.1, 0.15) is 11.1 Å². The van der Waals surface area contributed by atoms with Crippen LogP contribution in [0.2, 0.25) is 0 Å². The van der Waals surface area contributed by atoms with Gasteiger partial charge in [-0.2, -0.15) is 0 Å². The van der Waals surface area contributed by atoms with Crippen molar-refractivity contribution in [3.05, 3.63) is 41.5 Å². The Morgan fingerprint density at radius 3 is 2.68 bits per heavy atom. The summed E-state index contributed by atoms with van der Waals surface area (Å²) in [5.74, 6) is 0.255. The number of aryl methyl sites for hydroxylation is 2. The first-order valence-electron chi connectivity index (χ1n) is 6.02. The van der Waals surface area contributed by atoms with Gasteiger partial charge in [0.15, 0.2) is 0 Å². The molecule has 0 unspecified atom stereocenters. The first kappa shape index (κ1) is 12.0. The minimum Gasteiger partial charge on any atom is -0.507 e. The molecule has 3 nitrogen and oxygen atoms in total. The quantitative estimate of drug-likeness (QED) is 0.521. The molecule has 1 heterocycles. The van der Waals surface area contributed by atoms with Gasteiger partial charge >= 0.3 is 0 Å². The summed E-state index contributed by atoms with van der Waals surface area (Å²) < 4.78 is 1.12. The van der Waals surface area contributed by atoms with Crippen LogP contribution in [0, 0.1) is 13.8 Å². The van der Waals surface area contributed by atoms with Crippen LogP contribution in [0.4, 0.5) is 5.69 Å². The van der Waals surface area contributed by atoms with Crippen molar-refractivity contribution in [3.8, 4) is 16.3 Å². The number of nitrogens with zero attached hydrogens (tertiary/aromatic N) is 1. The van der Waals surface area contributed by atoms with E-state index in [0.717, 1.165) is 26.4 Å². The summed E-state index contributed by atoms with van der Waals surface area (Å²) in [6, 6.07) is 9.63. The topological polar surface area (TPSA) is 59.1 Å². The Morgan fingerprint density at radius 2 is 1.95 bits per heavy atom. The van der Waals surface area contributed by atoms with Crippen LogP contribution in [-0.2, 0) is 0 Å². The Hall–Kier alpha value is -2.07. The van der Waals surface area contributed by atoms with Gasteiger partial charge in [0.2, 0.25) is 0 Å². The number of nitrogens with two attached hydrogens (primary N) is 1. The molecule has 0 fully saturated rings.